The predicted molar refractivity (Wildman–Crippen MR) is 60.9 cm³/mol. The average molecular weight is 222 g/mol. The Kier molecular flexibility index (Phi) is 2.96. The summed E-state index contributed by atoms with van der Waals surface area (Å²) in [5.41, 5.74) is 6.57. The van der Waals surface area contributed by atoms with E-state index in [0.717, 1.165) is 25.9 Å². The maximum atomic E-state index is 12.0. The maximum Gasteiger partial charge on any atom is 0.257 e. The molecular weight excluding hydrogens is 204 g/mol. The van der Waals surface area contributed by atoms with E-state index >= 15 is 0 Å². The molecule has 2 heterocycles. The molecule has 0 bridgehead atoms. The number of hydrogen-bond donors (Lipinski definition) is 2. The number of hydrogen-bond acceptors (Lipinski definition) is 3. The van der Waals surface area contributed by atoms with Crippen molar-refractivity contribution in [1.29, 1.82) is 0 Å². The van der Waals surface area contributed by atoms with Gasteiger partial charge in [-0.05, 0) is 24.8 Å². The number of carbonyl (C=O) groups is 1. The van der Waals surface area contributed by atoms with Crippen LogP contribution in [0.5, 0.6) is 0 Å². The van der Waals surface area contributed by atoms with Gasteiger partial charge < -0.3 is 10.6 Å². The van der Waals surface area contributed by atoms with E-state index < -0.39 is 0 Å². The Morgan fingerprint density at radius 3 is 2.81 bits per heavy atom. The standard InChI is InChI=1S/C11H18N4O/c1-11(8-12)2-4-15(5-3-11)10(16)9-6-13-14-7-9/h6-7H,2-5,8,12H2,1H3,(H,13,14). The van der Waals surface area contributed by atoms with Gasteiger partial charge in [0.1, 0.15) is 0 Å². The highest BCUT2D eigenvalue weighted by Crippen LogP contribution is 2.29. The molecule has 16 heavy (non-hydrogen) atoms. The number of aromatic amines is 1. The summed E-state index contributed by atoms with van der Waals surface area (Å²) in [6, 6.07) is 0. The summed E-state index contributed by atoms with van der Waals surface area (Å²) in [6.07, 6.45) is 5.16. The maximum absolute atomic E-state index is 12.0. The van der Waals surface area contributed by atoms with E-state index in [2.05, 4.69) is 17.1 Å². The molecule has 0 aromatic carbocycles. The molecule has 0 unspecified atom stereocenters. The number of likely N-dealkylation sites (tertiary alicyclic amines) is 1. The lowest BCUT2D eigenvalue weighted by atomic mass is 9.80. The zero-order valence-electron chi connectivity index (χ0n) is 9.57. The van der Waals surface area contributed by atoms with Crippen molar-refractivity contribution in [3.05, 3.63) is 18.0 Å². The first-order valence-electron chi connectivity index (χ1n) is 5.63. The zero-order chi connectivity index (χ0) is 11.6. The third-order valence-corrected chi connectivity index (χ3v) is 3.50. The van der Waals surface area contributed by atoms with Crippen molar-refractivity contribution >= 4 is 5.91 Å². The van der Waals surface area contributed by atoms with Gasteiger partial charge in [-0.1, -0.05) is 6.92 Å². The lowest BCUT2D eigenvalue weighted by Gasteiger charge is -2.38. The van der Waals surface area contributed by atoms with Gasteiger partial charge >= 0.3 is 0 Å². The number of nitrogens with zero attached hydrogens (tertiary/aromatic N) is 2. The minimum atomic E-state index is 0.0628. The van der Waals surface area contributed by atoms with E-state index in [0.29, 0.717) is 12.1 Å². The van der Waals surface area contributed by atoms with E-state index in [9.17, 15) is 4.79 Å². The van der Waals surface area contributed by atoms with E-state index in [1.54, 1.807) is 12.4 Å². The van der Waals surface area contributed by atoms with Gasteiger partial charge in [-0.2, -0.15) is 5.10 Å². The number of H-pyrrole nitrogens is 1. The lowest BCUT2D eigenvalue weighted by molar-refractivity contribution is 0.0617. The smallest absolute Gasteiger partial charge is 0.257 e. The Bertz CT molecular complexity index is 352. The molecule has 2 rings (SSSR count). The van der Waals surface area contributed by atoms with Gasteiger partial charge in [-0.3, -0.25) is 9.89 Å². The summed E-state index contributed by atoms with van der Waals surface area (Å²) in [5.74, 6) is 0.0628. The van der Waals surface area contributed by atoms with Crippen molar-refractivity contribution in [2.75, 3.05) is 19.6 Å². The van der Waals surface area contributed by atoms with Crippen LogP contribution < -0.4 is 5.73 Å². The highest BCUT2D eigenvalue weighted by Gasteiger charge is 2.31. The monoisotopic (exact) mass is 222 g/mol. The van der Waals surface area contributed by atoms with Crippen molar-refractivity contribution in [2.24, 2.45) is 11.1 Å². The molecule has 1 aromatic rings. The Balaban J connectivity index is 1.97. The fourth-order valence-electron chi connectivity index (χ4n) is 2.00. The van der Waals surface area contributed by atoms with Crippen LogP contribution in [0.2, 0.25) is 0 Å². The molecule has 0 saturated carbocycles. The highest BCUT2D eigenvalue weighted by atomic mass is 16.2. The van der Waals surface area contributed by atoms with Crippen LogP contribution in [0.3, 0.4) is 0 Å². The minimum absolute atomic E-state index is 0.0628. The fourth-order valence-corrected chi connectivity index (χ4v) is 2.00. The minimum Gasteiger partial charge on any atom is -0.339 e. The Hall–Kier alpha value is -1.36. The first kappa shape index (κ1) is 11.1. The first-order chi connectivity index (χ1) is 7.64. The van der Waals surface area contributed by atoms with Crippen molar-refractivity contribution in [3.8, 4) is 0 Å². The van der Waals surface area contributed by atoms with Gasteiger partial charge in [0.15, 0.2) is 0 Å². The topological polar surface area (TPSA) is 75.0 Å². The number of amides is 1. The van der Waals surface area contributed by atoms with Gasteiger partial charge in [0.25, 0.3) is 5.91 Å². The fraction of sp³-hybridized carbons (Fsp3) is 0.636. The molecule has 5 heteroatoms. The van der Waals surface area contributed by atoms with Crippen LogP contribution in [-0.4, -0.2) is 40.6 Å². The second kappa shape index (κ2) is 4.25. The van der Waals surface area contributed by atoms with Gasteiger partial charge in [0, 0.05) is 19.3 Å². The van der Waals surface area contributed by atoms with Crippen LogP contribution in [-0.2, 0) is 0 Å². The quantitative estimate of drug-likeness (QED) is 0.770. The molecule has 1 amide bonds. The van der Waals surface area contributed by atoms with E-state index in [-0.39, 0.29) is 11.3 Å². The third-order valence-electron chi connectivity index (χ3n) is 3.50. The summed E-state index contributed by atoms with van der Waals surface area (Å²) in [6.45, 7) is 4.46. The lowest BCUT2D eigenvalue weighted by Crippen LogP contribution is -2.44. The highest BCUT2D eigenvalue weighted by molar-refractivity contribution is 5.93. The second-order valence-corrected chi connectivity index (χ2v) is 4.79. The SMILES string of the molecule is CC1(CN)CCN(C(=O)c2cn[nH]c2)CC1. The van der Waals surface area contributed by atoms with Gasteiger partial charge in [-0.25, -0.2) is 0 Å². The molecular formula is C11H18N4O. The number of piperidine rings is 1. The molecule has 0 aliphatic carbocycles. The molecule has 88 valence electrons. The van der Waals surface area contributed by atoms with Crippen molar-refractivity contribution in [2.45, 2.75) is 19.8 Å². The Morgan fingerprint density at radius 1 is 1.62 bits per heavy atom. The molecule has 3 N–H and O–H groups in total. The summed E-state index contributed by atoms with van der Waals surface area (Å²) >= 11 is 0. The molecule has 0 spiro atoms. The molecule has 1 saturated heterocycles. The second-order valence-electron chi connectivity index (χ2n) is 4.79. The number of rotatable bonds is 2. The van der Waals surface area contributed by atoms with Crippen molar-refractivity contribution in [3.63, 3.8) is 0 Å². The molecule has 5 nitrogen and oxygen atoms in total. The van der Waals surface area contributed by atoms with Crippen LogP contribution in [0, 0.1) is 5.41 Å². The van der Waals surface area contributed by atoms with Crippen molar-refractivity contribution in [1.82, 2.24) is 15.1 Å². The largest absolute Gasteiger partial charge is 0.339 e. The normalized spacial score (nSPS) is 19.8. The number of nitrogens with two attached hydrogens (primary N) is 1. The predicted octanol–water partition coefficient (Wildman–Crippen LogP) is 0.611. The van der Waals surface area contributed by atoms with E-state index in [1.165, 1.54) is 0 Å². The van der Waals surface area contributed by atoms with Crippen LogP contribution in [0.1, 0.15) is 30.1 Å². The zero-order valence-corrected chi connectivity index (χ0v) is 9.57. The average Bonchev–Trinajstić information content (AvgIpc) is 2.83. The summed E-state index contributed by atoms with van der Waals surface area (Å²) in [7, 11) is 0. The molecule has 1 fully saturated rings. The molecule has 0 radical (unpaired) electrons. The molecule has 1 aliphatic heterocycles. The molecule has 1 aliphatic rings. The van der Waals surface area contributed by atoms with Crippen LogP contribution in [0.15, 0.2) is 12.4 Å². The number of carbonyl (C=O) groups excluding carboxylic acids is 1. The first-order valence-corrected chi connectivity index (χ1v) is 5.63. The summed E-state index contributed by atoms with van der Waals surface area (Å²) in [5, 5.41) is 6.45. The van der Waals surface area contributed by atoms with E-state index in [4.69, 9.17) is 5.73 Å². The number of nitrogens with one attached hydrogen (secondary N) is 1. The third kappa shape index (κ3) is 2.09. The van der Waals surface area contributed by atoms with Crippen LogP contribution >= 0.6 is 0 Å². The number of aromatic nitrogens is 2. The Labute approximate surface area is 95.0 Å². The Morgan fingerprint density at radius 2 is 2.31 bits per heavy atom. The summed E-state index contributed by atoms with van der Waals surface area (Å²) < 4.78 is 0. The van der Waals surface area contributed by atoms with Crippen LogP contribution in [0.25, 0.3) is 0 Å². The van der Waals surface area contributed by atoms with Gasteiger partial charge in [-0.15, -0.1) is 0 Å². The molecule has 1 aromatic heterocycles. The van der Waals surface area contributed by atoms with Crippen molar-refractivity contribution < 1.29 is 4.79 Å². The van der Waals surface area contributed by atoms with Crippen LogP contribution in [0.4, 0.5) is 0 Å². The molecule has 0 atom stereocenters. The van der Waals surface area contributed by atoms with Gasteiger partial charge in [0.05, 0.1) is 11.8 Å². The van der Waals surface area contributed by atoms with Gasteiger partial charge in [0.2, 0.25) is 0 Å². The van der Waals surface area contributed by atoms with E-state index in [1.807, 2.05) is 4.90 Å². The summed E-state index contributed by atoms with van der Waals surface area (Å²) in [4.78, 5) is 13.9.